The summed E-state index contributed by atoms with van der Waals surface area (Å²) in [6, 6.07) is -0.424. The average Bonchev–Trinajstić information content (AvgIpc) is 3.14. The summed E-state index contributed by atoms with van der Waals surface area (Å²) >= 11 is 0. The molecule has 0 amide bonds. The fraction of sp³-hybridized carbons (Fsp3) is 0.960. The number of aliphatic hydroxyl groups is 3. The zero-order chi connectivity index (χ0) is 23.7. The highest BCUT2D eigenvalue weighted by atomic mass is 16.6. The van der Waals surface area contributed by atoms with Crippen molar-refractivity contribution in [3.63, 3.8) is 0 Å². The maximum Gasteiger partial charge on any atom is 0.302 e. The van der Waals surface area contributed by atoms with Crippen LogP contribution in [-0.2, 0) is 19.0 Å². The summed E-state index contributed by atoms with van der Waals surface area (Å²) in [5, 5.41) is 36.8. The lowest BCUT2D eigenvalue weighted by molar-refractivity contribution is -0.322. The van der Waals surface area contributed by atoms with E-state index in [0.717, 1.165) is 25.9 Å². The number of piperidine rings is 1. The Hall–Kier alpha value is -0.770. The van der Waals surface area contributed by atoms with Crippen molar-refractivity contribution in [3.8, 4) is 0 Å². The van der Waals surface area contributed by atoms with Gasteiger partial charge in [-0.05, 0) is 37.1 Å². The summed E-state index contributed by atoms with van der Waals surface area (Å²) in [6.07, 6.45) is 0.192. The van der Waals surface area contributed by atoms with Crippen molar-refractivity contribution in [2.24, 2.45) is 34.5 Å². The lowest BCUT2D eigenvalue weighted by Gasteiger charge is -2.70. The van der Waals surface area contributed by atoms with E-state index in [4.69, 9.17) is 14.2 Å². The van der Waals surface area contributed by atoms with Crippen LogP contribution in [0.4, 0.5) is 0 Å². The zero-order valence-electron chi connectivity index (χ0n) is 20.4. The topological polar surface area (TPSA) is 109 Å². The first kappa shape index (κ1) is 22.7. The van der Waals surface area contributed by atoms with Crippen molar-refractivity contribution in [3.05, 3.63) is 0 Å². The van der Waals surface area contributed by atoms with Gasteiger partial charge in [0.25, 0.3) is 0 Å². The van der Waals surface area contributed by atoms with Gasteiger partial charge >= 0.3 is 5.97 Å². The SMILES string of the molecule is CCN1C[C@]2(C)CC[C@H](O)[C@]34C1[C@](O)([C@H](O)[C@H]23)[C@@]1(OC)C[C@H](OC)[C@H]2C[C@@H]4[C@@H]1[C@H]2OC(C)=O. The van der Waals surface area contributed by atoms with Crippen molar-refractivity contribution >= 4 is 5.97 Å². The van der Waals surface area contributed by atoms with Crippen molar-refractivity contribution in [1.29, 1.82) is 0 Å². The van der Waals surface area contributed by atoms with E-state index in [9.17, 15) is 20.1 Å². The highest BCUT2D eigenvalue weighted by Gasteiger charge is 2.91. The Morgan fingerprint density at radius 1 is 1.24 bits per heavy atom. The van der Waals surface area contributed by atoms with Crippen LogP contribution < -0.4 is 0 Å². The molecule has 33 heavy (non-hydrogen) atoms. The van der Waals surface area contributed by atoms with Crippen LogP contribution in [0.3, 0.4) is 0 Å². The molecule has 0 aromatic rings. The van der Waals surface area contributed by atoms with Gasteiger partial charge in [-0.25, -0.2) is 0 Å². The molecule has 1 heterocycles. The van der Waals surface area contributed by atoms with E-state index >= 15 is 0 Å². The molecule has 6 rings (SSSR count). The van der Waals surface area contributed by atoms with Gasteiger partial charge in [-0.15, -0.1) is 0 Å². The second kappa shape index (κ2) is 6.71. The summed E-state index contributed by atoms with van der Waals surface area (Å²) in [5.41, 5.74) is -3.66. The van der Waals surface area contributed by atoms with Gasteiger partial charge in [0.05, 0.1) is 24.4 Å². The first-order chi connectivity index (χ1) is 15.6. The van der Waals surface area contributed by atoms with Gasteiger partial charge in [0.15, 0.2) is 0 Å². The molecule has 6 fully saturated rings. The van der Waals surface area contributed by atoms with Crippen LogP contribution in [0.1, 0.15) is 46.5 Å². The van der Waals surface area contributed by atoms with E-state index in [2.05, 4.69) is 18.7 Å². The Morgan fingerprint density at radius 2 is 1.97 bits per heavy atom. The number of aliphatic hydroxyl groups excluding tert-OH is 2. The van der Waals surface area contributed by atoms with Crippen LogP contribution in [0.5, 0.6) is 0 Å². The van der Waals surface area contributed by atoms with Crippen LogP contribution >= 0.6 is 0 Å². The first-order valence-electron chi connectivity index (χ1n) is 12.7. The molecule has 7 bridgehead atoms. The standard InChI is InChI=1S/C25H39NO7/c1-6-26-11-22(3)8-7-16(28)24-14-9-13-15(31-4)10-23(32-5,17(14)18(13)33-12(2)27)25(30,21(24)26)20(29)19(22)24/h13-21,28-30H,6-11H2,1-5H3/t13-,14-,15+,16+,17-,18+,19-,20-,21?,22+,23-,24+,25-/m1/s1. The summed E-state index contributed by atoms with van der Waals surface area (Å²) in [5.74, 6) is -0.990. The van der Waals surface area contributed by atoms with E-state index in [0.29, 0.717) is 12.8 Å². The Balaban J connectivity index is 1.66. The van der Waals surface area contributed by atoms with Gasteiger partial charge in [-0.1, -0.05) is 13.8 Å². The molecular weight excluding hydrogens is 426 g/mol. The van der Waals surface area contributed by atoms with Crippen LogP contribution in [0.25, 0.3) is 0 Å². The monoisotopic (exact) mass is 465 g/mol. The van der Waals surface area contributed by atoms with E-state index in [1.807, 2.05) is 0 Å². The Kier molecular flexibility index (Phi) is 4.61. The van der Waals surface area contributed by atoms with Crippen LogP contribution in [0.15, 0.2) is 0 Å². The summed E-state index contributed by atoms with van der Waals surface area (Å²) < 4.78 is 18.2. The molecule has 8 nitrogen and oxygen atoms in total. The number of nitrogens with zero attached hydrogens (tertiary/aromatic N) is 1. The maximum atomic E-state index is 12.9. The fourth-order valence-corrected chi connectivity index (χ4v) is 10.8. The number of hydrogen-bond donors (Lipinski definition) is 3. The summed E-state index contributed by atoms with van der Waals surface area (Å²) in [7, 11) is 3.26. The minimum atomic E-state index is -1.61. The van der Waals surface area contributed by atoms with Gasteiger partial charge in [-0.2, -0.15) is 0 Å². The van der Waals surface area contributed by atoms with E-state index in [1.165, 1.54) is 6.92 Å². The number of hydrogen-bond acceptors (Lipinski definition) is 8. The van der Waals surface area contributed by atoms with Crippen molar-refractivity contribution < 1.29 is 34.3 Å². The molecule has 6 aliphatic rings. The molecule has 1 unspecified atom stereocenters. The molecule has 3 N–H and O–H groups in total. The van der Waals surface area contributed by atoms with Gasteiger partial charge in [0, 0.05) is 57.3 Å². The first-order valence-corrected chi connectivity index (χ1v) is 12.7. The minimum Gasteiger partial charge on any atom is -0.462 e. The van der Waals surface area contributed by atoms with E-state index < -0.39 is 41.0 Å². The van der Waals surface area contributed by atoms with E-state index in [1.54, 1.807) is 14.2 Å². The summed E-state index contributed by atoms with van der Waals surface area (Å²) in [4.78, 5) is 14.5. The average molecular weight is 466 g/mol. The number of methoxy groups -OCH3 is 2. The normalized spacial score (nSPS) is 60.7. The molecule has 0 aromatic carbocycles. The van der Waals surface area contributed by atoms with Crippen molar-refractivity contribution in [2.45, 2.75) is 88.1 Å². The number of likely N-dealkylation sites (tertiary alicyclic amines) is 1. The Labute approximate surface area is 195 Å². The third-order valence-electron chi connectivity index (χ3n) is 11.4. The minimum absolute atomic E-state index is 0.0252. The molecule has 5 aliphatic carbocycles. The third kappa shape index (κ3) is 2.16. The molecule has 1 aliphatic heterocycles. The number of fused-ring (bicyclic) bond motifs is 2. The largest absolute Gasteiger partial charge is 0.462 e. The fourth-order valence-electron chi connectivity index (χ4n) is 10.8. The lowest BCUT2D eigenvalue weighted by atomic mass is 9.43. The number of ether oxygens (including phenoxy) is 3. The quantitative estimate of drug-likeness (QED) is 0.517. The van der Waals surface area contributed by atoms with Crippen LogP contribution in [0, 0.1) is 34.5 Å². The van der Waals surface area contributed by atoms with Gasteiger partial charge in [-0.3, -0.25) is 9.69 Å². The highest BCUT2D eigenvalue weighted by Crippen LogP contribution is 2.80. The number of carbonyl (C=O) groups excluding carboxylic acids is 1. The molecule has 1 saturated heterocycles. The molecule has 0 aromatic heterocycles. The molecule has 186 valence electrons. The molecule has 1 spiro atoms. The Bertz CT molecular complexity index is 870. The molecule has 13 atom stereocenters. The van der Waals surface area contributed by atoms with Crippen LogP contribution in [0.2, 0.25) is 0 Å². The van der Waals surface area contributed by atoms with Crippen molar-refractivity contribution in [1.82, 2.24) is 4.90 Å². The predicted molar refractivity (Wildman–Crippen MR) is 117 cm³/mol. The molecule has 8 heteroatoms. The third-order valence-corrected chi connectivity index (χ3v) is 11.4. The second-order valence-corrected chi connectivity index (χ2v) is 12.1. The lowest BCUT2D eigenvalue weighted by Crippen LogP contribution is -2.82. The molecular formula is C25H39NO7. The van der Waals surface area contributed by atoms with Gasteiger partial charge < -0.3 is 29.5 Å². The Morgan fingerprint density at radius 3 is 2.58 bits per heavy atom. The van der Waals surface area contributed by atoms with Crippen LogP contribution in [-0.4, -0.2) is 95.2 Å². The molecule has 5 saturated carbocycles. The number of rotatable bonds is 4. The maximum absolute atomic E-state index is 12.9. The van der Waals surface area contributed by atoms with Gasteiger partial charge in [0.1, 0.15) is 17.3 Å². The number of esters is 1. The number of carbonyl (C=O) groups is 1. The smallest absolute Gasteiger partial charge is 0.302 e. The number of likely N-dealkylation sites (N-methyl/N-ethyl adjacent to an activating group) is 1. The molecule has 0 radical (unpaired) electrons. The summed E-state index contributed by atoms with van der Waals surface area (Å²) in [6.45, 7) is 7.24. The van der Waals surface area contributed by atoms with Gasteiger partial charge in [0.2, 0.25) is 0 Å². The highest BCUT2D eigenvalue weighted by molar-refractivity contribution is 5.66. The second-order valence-electron chi connectivity index (χ2n) is 12.1. The van der Waals surface area contributed by atoms with Crippen molar-refractivity contribution in [2.75, 3.05) is 27.3 Å². The predicted octanol–water partition coefficient (Wildman–Crippen LogP) is 0.561. The van der Waals surface area contributed by atoms with E-state index in [-0.39, 0.29) is 41.2 Å². The zero-order valence-corrected chi connectivity index (χ0v) is 20.4.